The van der Waals surface area contributed by atoms with Crippen LogP contribution in [0.2, 0.25) is 0 Å². The number of morpholine rings is 1. The van der Waals surface area contributed by atoms with Crippen LogP contribution in [0.4, 0.5) is 0 Å². The smallest absolute Gasteiger partial charge is 0.159 e. The highest BCUT2D eigenvalue weighted by atomic mass is 79.9. The number of nitrogens with one attached hydrogen (secondary N) is 1. The molecule has 2 rings (SSSR count). The minimum atomic E-state index is 0.140. The summed E-state index contributed by atoms with van der Waals surface area (Å²) < 4.78 is 6.46. The number of halogens is 1. The molecule has 0 saturated carbocycles. The SMILES string of the molecule is Brc1nc(C2CNCCO2)cs1. The Morgan fingerprint density at radius 1 is 1.75 bits per heavy atom. The molecule has 1 unspecified atom stereocenters. The molecule has 0 aromatic carbocycles. The molecule has 1 aromatic rings. The largest absolute Gasteiger partial charge is 0.369 e. The van der Waals surface area contributed by atoms with Crippen molar-refractivity contribution in [2.45, 2.75) is 6.10 Å². The number of hydrogen-bond donors (Lipinski definition) is 1. The van der Waals surface area contributed by atoms with Crippen LogP contribution in [0, 0.1) is 0 Å². The Bertz CT molecular complexity index is 260. The van der Waals surface area contributed by atoms with Crippen molar-refractivity contribution >= 4 is 27.3 Å². The van der Waals surface area contributed by atoms with Crippen LogP contribution in [0.15, 0.2) is 9.30 Å². The molecule has 1 atom stereocenters. The first-order valence-corrected chi connectivity index (χ1v) is 5.47. The summed E-state index contributed by atoms with van der Waals surface area (Å²) in [5.74, 6) is 0. The van der Waals surface area contributed by atoms with E-state index in [1.807, 2.05) is 5.38 Å². The number of nitrogens with zero attached hydrogens (tertiary/aromatic N) is 1. The van der Waals surface area contributed by atoms with Gasteiger partial charge in [0.15, 0.2) is 3.92 Å². The predicted molar refractivity (Wildman–Crippen MR) is 51.4 cm³/mol. The van der Waals surface area contributed by atoms with E-state index in [1.165, 1.54) is 0 Å². The quantitative estimate of drug-likeness (QED) is 0.820. The van der Waals surface area contributed by atoms with Crippen molar-refractivity contribution in [3.05, 3.63) is 15.0 Å². The molecule has 3 nitrogen and oxygen atoms in total. The number of aromatic nitrogens is 1. The van der Waals surface area contributed by atoms with Gasteiger partial charge in [-0.25, -0.2) is 4.98 Å². The van der Waals surface area contributed by atoms with Crippen LogP contribution in [-0.2, 0) is 4.74 Å². The molecule has 0 aliphatic carbocycles. The third-order valence-corrected chi connectivity index (χ3v) is 3.13. The number of thiazole rings is 1. The summed E-state index contributed by atoms with van der Waals surface area (Å²) >= 11 is 4.93. The van der Waals surface area contributed by atoms with Crippen molar-refractivity contribution in [3.8, 4) is 0 Å². The fourth-order valence-corrected chi connectivity index (χ4v) is 2.23. The predicted octanol–water partition coefficient (Wildman–Crippen LogP) is 1.57. The molecule has 5 heteroatoms. The van der Waals surface area contributed by atoms with Gasteiger partial charge < -0.3 is 10.1 Å². The Kier molecular flexibility index (Phi) is 2.75. The molecule has 1 fully saturated rings. The van der Waals surface area contributed by atoms with Gasteiger partial charge in [0.25, 0.3) is 0 Å². The fourth-order valence-electron chi connectivity index (χ4n) is 1.17. The lowest BCUT2D eigenvalue weighted by Gasteiger charge is -2.21. The lowest BCUT2D eigenvalue weighted by molar-refractivity contribution is 0.0253. The highest BCUT2D eigenvalue weighted by molar-refractivity contribution is 9.11. The zero-order valence-electron chi connectivity index (χ0n) is 6.42. The van der Waals surface area contributed by atoms with Gasteiger partial charge in [-0.2, -0.15) is 0 Å². The highest BCUT2D eigenvalue weighted by Gasteiger charge is 2.17. The van der Waals surface area contributed by atoms with E-state index in [2.05, 4.69) is 26.2 Å². The van der Waals surface area contributed by atoms with Crippen molar-refractivity contribution in [3.63, 3.8) is 0 Å². The van der Waals surface area contributed by atoms with Crippen molar-refractivity contribution in [2.24, 2.45) is 0 Å². The normalized spacial score (nSPS) is 24.2. The van der Waals surface area contributed by atoms with E-state index in [0.29, 0.717) is 0 Å². The van der Waals surface area contributed by atoms with Gasteiger partial charge in [-0.3, -0.25) is 0 Å². The van der Waals surface area contributed by atoms with Gasteiger partial charge in [0.05, 0.1) is 12.3 Å². The van der Waals surface area contributed by atoms with E-state index in [1.54, 1.807) is 11.3 Å². The monoisotopic (exact) mass is 248 g/mol. The molecule has 0 bridgehead atoms. The standard InChI is InChI=1S/C7H9BrN2OS/c8-7-10-5(4-12-7)6-3-9-1-2-11-6/h4,6,9H,1-3H2. The van der Waals surface area contributed by atoms with Crippen molar-refractivity contribution < 1.29 is 4.74 Å². The summed E-state index contributed by atoms with van der Waals surface area (Å²) in [6.07, 6.45) is 0.140. The number of ether oxygens (including phenoxy) is 1. The first-order valence-electron chi connectivity index (χ1n) is 3.79. The van der Waals surface area contributed by atoms with E-state index in [-0.39, 0.29) is 6.10 Å². The van der Waals surface area contributed by atoms with Gasteiger partial charge in [0.1, 0.15) is 6.10 Å². The minimum Gasteiger partial charge on any atom is -0.369 e. The van der Waals surface area contributed by atoms with Crippen molar-refractivity contribution in [1.29, 1.82) is 0 Å². The van der Waals surface area contributed by atoms with Gasteiger partial charge in [-0.15, -0.1) is 11.3 Å². The summed E-state index contributed by atoms with van der Waals surface area (Å²) in [7, 11) is 0. The fraction of sp³-hybridized carbons (Fsp3) is 0.571. The van der Waals surface area contributed by atoms with Crippen LogP contribution in [-0.4, -0.2) is 24.7 Å². The van der Waals surface area contributed by atoms with Gasteiger partial charge in [0.2, 0.25) is 0 Å². The molecular weight excluding hydrogens is 240 g/mol. The van der Waals surface area contributed by atoms with Crippen LogP contribution in [0.3, 0.4) is 0 Å². The lowest BCUT2D eigenvalue weighted by Crippen LogP contribution is -2.33. The Morgan fingerprint density at radius 2 is 2.67 bits per heavy atom. The highest BCUT2D eigenvalue weighted by Crippen LogP contribution is 2.23. The van der Waals surface area contributed by atoms with Crippen LogP contribution >= 0.6 is 27.3 Å². The van der Waals surface area contributed by atoms with E-state index in [9.17, 15) is 0 Å². The summed E-state index contributed by atoms with van der Waals surface area (Å²) in [5.41, 5.74) is 1.03. The van der Waals surface area contributed by atoms with Gasteiger partial charge in [-0.05, 0) is 15.9 Å². The Balaban J connectivity index is 2.08. The molecule has 0 radical (unpaired) electrons. The third-order valence-electron chi connectivity index (χ3n) is 1.75. The zero-order valence-corrected chi connectivity index (χ0v) is 8.82. The molecule has 1 aromatic heterocycles. The molecule has 2 heterocycles. The maximum Gasteiger partial charge on any atom is 0.159 e. The Morgan fingerprint density at radius 3 is 3.25 bits per heavy atom. The molecular formula is C7H9BrN2OS. The van der Waals surface area contributed by atoms with Crippen LogP contribution in [0.25, 0.3) is 0 Å². The van der Waals surface area contributed by atoms with Crippen LogP contribution in [0.5, 0.6) is 0 Å². The van der Waals surface area contributed by atoms with E-state index >= 15 is 0 Å². The lowest BCUT2D eigenvalue weighted by atomic mass is 10.2. The summed E-state index contributed by atoms with van der Waals surface area (Å²) in [6.45, 7) is 2.60. The van der Waals surface area contributed by atoms with E-state index < -0.39 is 0 Å². The van der Waals surface area contributed by atoms with E-state index in [4.69, 9.17) is 4.74 Å². The summed E-state index contributed by atoms with van der Waals surface area (Å²) in [5, 5.41) is 5.30. The number of rotatable bonds is 1. The second-order valence-electron chi connectivity index (χ2n) is 2.59. The van der Waals surface area contributed by atoms with Gasteiger partial charge >= 0.3 is 0 Å². The molecule has 66 valence electrons. The average molecular weight is 249 g/mol. The van der Waals surface area contributed by atoms with Gasteiger partial charge in [0, 0.05) is 18.5 Å². The first-order chi connectivity index (χ1) is 5.86. The average Bonchev–Trinajstić information content (AvgIpc) is 2.54. The van der Waals surface area contributed by atoms with Crippen LogP contribution in [0.1, 0.15) is 11.8 Å². The van der Waals surface area contributed by atoms with E-state index in [0.717, 1.165) is 29.3 Å². The van der Waals surface area contributed by atoms with Crippen molar-refractivity contribution in [1.82, 2.24) is 10.3 Å². The molecule has 1 saturated heterocycles. The van der Waals surface area contributed by atoms with Crippen molar-refractivity contribution in [2.75, 3.05) is 19.7 Å². The van der Waals surface area contributed by atoms with Crippen LogP contribution < -0.4 is 5.32 Å². The minimum absolute atomic E-state index is 0.140. The molecule has 1 N–H and O–H groups in total. The van der Waals surface area contributed by atoms with Gasteiger partial charge in [-0.1, -0.05) is 0 Å². The second kappa shape index (κ2) is 3.83. The Hall–Kier alpha value is 0.0300. The molecule has 0 amide bonds. The summed E-state index contributed by atoms with van der Waals surface area (Å²) in [6, 6.07) is 0. The molecule has 1 aliphatic rings. The third kappa shape index (κ3) is 1.85. The molecule has 0 spiro atoms. The molecule has 1 aliphatic heterocycles. The first kappa shape index (κ1) is 8.62. The maximum absolute atomic E-state index is 5.54. The topological polar surface area (TPSA) is 34.2 Å². The second-order valence-corrected chi connectivity index (χ2v) is 4.72. The number of hydrogen-bond acceptors (Lipinski definition) is 4. The zero-order chi connectivity index (χ0) is 8.39. The maximum atomic E-state index is 5.54. The summed E-state index contributed by atoms with van der Waals surface area (Å²) in [4.78, 5) is 4.30. The molecule has 12 heavy (non-hydrogen) atoms. The Labute approximate surface area is 83.3 Å².